The summed E-state index contributed by atoms with van der Waals surface area (Å²) < 4.78 is 20.1. The highest BCUT2D eigenvalue weighted by atomic mass is 19.1. The van der Waals surface area contributed by atoms with Gasteiger partial charge >= 0.3 is 0 Å². The zero-order valence-corrected chi connectivity index (χ0v) is 9.39. The highest BCUT2D eigenvalue weighted by Gasteiger charge is 2.09. The third-order valence-corrected chi connectivity index (χ3v) is 2.35. The van der Waals surface area contributed by atoms with E-state index in [1.807, 2.05) is 7.05 Å². The van der Waals surface area contributed by atoms with Crippen LogP contribution in [0.1, 0.15) is 10.4 Å². The summed E-state index contributed by atoms with van der Waals surface area (Å²) in [7, 11) is 1.83. The molecule has 3 nitrogen and oxygen atoms in total. The largest absolute Gasteiger partial charge is 0.482 e. The van der Waals surface area contributed by atoms with Crippen LogP contribution in [-0.2, 0) is 7.05 Å². The van der Waals surface area contributed by atoms with E-state index in [-0.39, 0.29) is 18.1 Å². The lowest BCUT2D eigenvalue weighted by Gasteiger charge is -2.05. The second kappa shape index (κ2) is 4.82. The van der Waals surface area contributed by atoms with Gasteiger partial charge in [-0.15, -0.1) is 0 Å². The molecule has 0 unspecified atom stereocenters. The van der Waals surface area contributed by atoms with E-state index in [0.29, 0.717) is 5.56 Å². The first-order chi connectivity index (χ1) is 8.16. The van der Waals surface area contributed by atoms with Gasteiger partial charge in [0.05, 0.1) is 0 Å². The van der Waals surface area contributed by atoms with Crippen molar-refractivity contribution in [1.29, 1.82) is 0 Å². The molecule has 0 aliphatic carbocycles. The summed E-state index contributed by atoms with van der Waals surface area (Å²) in [6.07, 6.45) is 3.48. The number of halogens is 1. The third kappa shape index (κ3) is 2.72. The van der Waals surface area contributed by atoms with Crippen molar-refractivity contribution < 1.29 is 13.9 Å². The average Bonchev–Trinajstić information content (AvgIpc) is 2.74. The fourth-order valence-corrected chi connectivity index (χ4v) is 1.46. The van der Waals surface area contributed by atoms with Crippen LogP contribution >= 0.6 is 0 Å². The average molecular weight is 233 g/mol. The number of carbonyl (C=O) groups is 1. The molecule has 0 aliphatic rings. The fourth-order valence-electron chi connectivity index (χ4n) is 1.46. The zero-order valence-electron chi connectivity index (χ0n) is 9.39. The van der Waals surface area contributed by atoms with Crippen LogP contribution < -0.4 is 4.74 Å². The highest BCUT2D eigenvalue weighted by molar-refractivity contribution is 5.97. The molecule has 0 fully saturated rings. The van der Waals surface area contributed by atoms with Gasteiger partial charge in [0, 0.05) is 25.0 Å². The molecule has 2 rings (SSSR count). The normalized spacial score (nSPS) is 10.2. The smallest absolute Gasteiger partial charge is 0.201 e. The number of benzene rings is 1. The Labute approximate surface area is 98.4 Å². The van der Waals surface area contributed by atoms with Crippen LogP contribution in [0.4, 0.5) is 4.39 Å². The predicted molar refractivity (Wildman–Crippen MR) is 61.6 cm³/mol. The lowest BCUT2D eigenvalue weighted by molar-refractivity contribution is 0.0919. The lowest BCUT2D eigenvalue weighted by atomic mass is 10.2. The number of para-hydroxylation sites is 1. The molecule has 4 heteroatoms. The van der Waals surface area contributed by atoms with Crippen LogP contribution in [0.25, 0.3) is 0 Å². The van der Waals surface area contributed by atoms with Crippen molar-refractivity contribution in [3.05, 3.63) is 54.1 Å². The van der Waals surface area contributed by atoms with Crippen molar-refractivity contribution in [1.82, 2.24) is 4.57 Å². The molecule has 1 heterocycles. The van der Waals surface area contributed by atoms with Crippen molar-refractivity contribution in [2.75, 3.05) is 6.61 Å². The van der Waals surface area contributed by atoms with Crippen LogP contribution in [0, 0.1) is 5.82 Å². The van der Waals surface area contributed by atoms with Gasteiger partial charge in [-0.3, -0.25) is 4.79 Å². The molecule has 0 saturated carbocycles. The Balaban J connectivity index is 1.99. The summed E-state index contributed by atoms with van der Waals surface area (Å²) in [5.41, 5.74) is 0.559. The maximum absolute atomic E-state index is 13.2. The Morgan fingerprint density at radius 1 is 1.35 bits per heavy atom. The zero-order chi connectivity index (χ0) is 12.3. The van der Waals surface area contributed by atoms with Crippen molar-refractivity contribution in [3.63, 3.8) is 0 Å². The van der Waals surface area contributed by atoms with Gasteiger partial charge in [-0.05, 0) is 18.2 Å². The number of ether oxygens (including phenoxy) is 1. The van der Waals surface area contributed by atoms with Gasteiger partial charge in [-0.2, -0.15) is 0 Å². The fraction of sp³-hybridized carbons (Fsp3) is 0.154. The topological polar surface area (TPSA) is 31.2 Å². The monoisotopic (exact) mass is 233 g/mol. The Kier molecular flexibility index (Phi) is 3.23. The summed E-state index contributed by atoms with van der Waals surface area (Å²) in [5, 5.41) is 0. The van der Waals surface area contributed by atoms with Crippen LogP contribution in [0.2, 0.25) is 0 Å². The van der Waals surface area contributed by atoms with Crippen molar-refractivity contribution in [2.24, 2.45) is 7.05 Å². The number of rotatable bonds is 4. The molecular formula is C13H12FNO2. The summed E-state index contributed by atoms with van der Waals surface area (Å²) in [6, 6.07) is 7.72. The summed E-state index contributed by atoms with van der Waals surface area (Å²) in [4.78, 5) is 11.7. The second-order valence-electron chi connectivity index (χ2n) is 3.71. The van der Waals surface area contributed by atoms with Gasteiger partial charge in [0.15, 0.2) is 18.2 Å². The molecule has 17 heavy (non-hydrogen) atoms. The number of Topliss-reactive ketones (excluding diaryl/α,β-unsaturated/α-hetero) is 1. The molecule has 0 bridgehead atoms. The summed E-state index contributed by atoms with van der Waals surface area (Å²) in [5.74, 6) is -0.543. The molecule has 0 aliphatic heterocycles. The number of carbonyl (C=O) groups excluding carboxylic acids is 1. The first-order valence-corrected chi connectivity index (χ1v) is 5.19. The van der Waals surface area contributed by atoms with Crippen LogP contribution in [0.15, 0.2) is 42.7 Å². The van der Waals surface area contributed by atoms with Crippen LogP contribution in [-0.4, -0.2) is 17.0 Å². The maximum Gasteiger partial charge on any atom is 0.201 e. The van der Waals surface area contributed by atoms with Crippen molar-refractivity contribution in [2.45, 2.75) is 0 Å². The first kappa shape index (κ1) is 11.4. The summed E-state index contributed by atoms with van der Waals surface area (Å²) >= 11 is 0. The molecule has 2 aromatic rings. The molecule has 0 radical (unpaired) electrons. The van der Waals surface area contributed by atoms with E-state index in [4.69, 9.17) is 4.74 Å². The van der Waals surface area contributed by atoms with Crippen molar-refractivity contribution >= 4 is 5.78 Å². The van der Waals surface area contributed by atoms with Gasteiger partial charge < -0.3 is 9.30 Å². The Bertz CT molecular complexity index is 534. The van der Waals surface area contributed by atoms with Gasteiger partial charge in [-0.25, -0.2) is 4.39 Å². The number of hydrogen-bond acceptors (Lipinski definition) is 2. The maximum atomic E-state index is 13.2. The van der Waals surface area contributed by atoms with Crippen LogP contribution in [0.5, 0.6) is 5.75 Å². The minimum absolute atomic E-state index is 0.0942. The SMILES string of the molecule is Cn1ccc(C(=O)COc2ccccc2F)c1. The number of nitrogens with zero attached hydrogens (tertiary/aromatic N) is 1. The van der Waals surface area contributed by atoms with Gasteiger partial charge in [0.25, 0.3) is 0 Å². The minimum atomic E-state index is -0.464. The molecule has 0 atom stereocenters. The number of hydrogen-bond donors (Lipinski definition) is 0. The first-order valence-electron chi connectivity index (χ1n) is 5.19. The van der Waals surface area contributed by atoms with E-state index in [0.717, 1.165) is 0 Å². The molecule has 0 N–H and O–H groups in total. The molecule has 88 valence electrons. The van der Waals surface area contributed by atoms with E-state index >= 15 is 0 Å². The molecule has 1 aromatic carbocycles. The van der Waals surface area contributed by atoms with E-state index in [1.165, 1.54) is 12.1 Å². The number of aryl methyl sites for hydroxylation is 1. The van der Waals surface area contributed by atoms with Crippen molar-refractivity contribution in [3.8, 4) is 5.75 Å². The number of ketones is 1. The van der Waals surface area contributed by atoms with E-state index in [9.17, 15) is 9.18 Å². The molecule has 1 aromatic heterocycles. The predicted octanol–water partition coefficient (Wildman–Crippen LogP) is 2.43. The lowest BCUT2D eigenvalue weighted by Crippen LogP contribution is -2.11. The Hall–Kier alpha value is -2.10. The Morgan fingerprint density at radius 3 is 2.76 bits per heavy atom. The van der Waals surface area contributed by atoms with Crippen LogP contribution in [0.3, 0.4) is 0 Å². The minimum Gasteiger partial charge on any atom is -0.482 e. The van der Waals surface area contributed by atoms with Gasteiger partial charge in [-0.1, -0.05) is 12.1 Å². The van der Waals surface area contributed by atoms with Gasteiger partial charge in [0.1, 0.15) is 0 Å². The van der Waals surface area contributed by atoms with Gasteiger partial charge in [0.2, 0.25) is 5.78 Å². The van der Waals surface area contributed by atoms with E-state index < -0.39 is 5.82 Å². The molecule has 0 saturated heterocycles. The number of aromatic nitrogens is 1. The third-order valence-electron chi connectivity index (χ3n) is 2.35. The second-order valence-corrected chi connectivity index (χ2v) is 3.71. The Morgan fingerprint density at radius 2 is 2.12 bits per heavy atom. The molecule has 0 amide bonds. The molecular weight excluding hydrogens is 221 g/mol. The summed E-state index contributed by atoms with van der Waals surface area (Å²) in [6.45, 7) is -0.162. The van der Waals surface area contributed by atoms with E-state index in [2.05, 4.69) is 0 Å². The quantitative estimate of drug-likeness (QED) is 0.759. The standard InChI is InChI=1S/C13H12FNO2/c1-15-7-6-10(8-15)12(16)9-17-13-5-3-2-4-11(13)14/h2-8H,9H2,1H3. The molecule has 0 spiro atoms. The highest BCUT2D eigenvalue weighted by Crippen LogP contribution is 2.15. The van der Waals surface area contributed by atoms with E-state index in [1.54, 1.807) is 35.2 Å².